The van der Waals surface area contributed by atoms with Crippen molar-refractivity contribution < 1.29 is 0 Å². The van der Waals surface area contributed by atoms with E-state index in [-0.39, 0.29) is 0 Å². The Morgan fingerprint density at radius 3 is 2.40 bits per heavy atom. The molecule has 0 bridgehead atoms. The molecule has 0 spiro atoms. The molecular formula is C9H17N. The molecule has 0 aromatic heterocycles. The fourth-order valence-electron chi connectivity index (χ4n) is 1.83. The van der Waals surface area contributed by atoms with Crippen LogP contribution in [-0.2, 0) is 0 Å². The Labute approximate surface area is 63.7 Å². The predicted molar refractivity (Wildman–Crippen MR) is 45.0 cm³/mol. The molecule has 0 aromatic rings. The average molecular weight is 139 g/mol. The summed E-state index contributed by atoms with van der Waals surface area (Å²) < 4.78 is 0. The second-order valence-electron chi connectivity index (χ2n) is 3.64. The van der Waals surface area contributed by atoms with Gasteiger partial charge in [-0.05, 0) is 26.3 Å². The molecule has 1 fully saturated rings. The molecule has 2 atom stereocenters. The highest BCUT2D eigenvalue weighted by Crippen LogP contribution is 2.24. The first-order chi connectivity index (χ1) is 4.61. The minimum Gasteiger partial charge on any atom is -0.299 e. The molecular weight excluding hydrogens is 122 g/mol. The summed E-state index contributed by atoms with van der Waals surface area (Å²) in [6.07, 6.45) is 1.30. The maximum atomic E-state index is 3.98. The molecule has 1 saturated heterocycles. The summed E-state index contributed by atoms with van der Waals surface area (Å²) in [4.78, 5) is 2.40. The summed E-state index contributed by atoms with van der Waals surface area (Å²) in [6.45, 7) is 9.64. The van der Waals surface area contributed by atoms with Crippen molar-refractivity contribution in [3.8, 4) is 0 Å². The highest BCUT2D eigenvalue weighted by molar-refractivity contribution is 5.05. The number of hydrogen-bond donors (Lipinski definition) is 0. The lowest BCUT2D eigenvalue weighted by molar-refractivity contribution is 0.340. The zero-order valence-electron chi connectivity index (χ0n) is 7.22. The van der Waals surface area contributed by atoms with Gasteiger partial charge in [0, 0.05) is 12.6 Å². The van der Waals surface area contributed by atoms with Crippen LogP contribution in [0.1, 0.15) is 20.3 Å². The minimum atomic E-state index is 0.648. The molecule has 10 heavy (non-hydrogen) atoms. The third-order valence-corrected chi connectivity index (χ3v) is 2.33. The van der Waals surface area contributed by atoms with Gasteiger partial charge in [-0.3, -0.25) is 4.90 Å². The quantitative estimate of drug-likeness (QED) is 0.501. The van der Waals surface area contributed by atoms with Crippen LogP contribution in [0.15, 0.2) is 12.2 Å². The van der Waals surface area contributed by atoms with Crippen LogP contribution in [-0.4, -0.2) is 24.5 Å². The van der Waals surface area contributed by atoms with Crippen molar-refractivity contribution in [2.75, 3.05) is 13.6 Å². The Bertz CT molecular complexity index is 140. The zero-order valence-corrected chi connectivity index (χ0v) is 7.22. The molecule has 1 heteroatoms. The van der Waals surface area contributed by atoms with Crippen LogP contribution in [0.4, 0.5) is 0 Å². The Kier molecular flexibility index (Phi) is 2.14. The molecule has 0 unspecified atom stereocenters. The number of likely N-dealkylation sites (N-methyl/N-ethyl adjacent to an activating group) is 1. The van der Waals surface area contributed by atoms with Crippen LogP contribution in [0, 0.1) is 5.92 Å². The first-order valence-electron chi connectivity index (χ1n) is 3.97. The second kappa shape index (κ2) is 2.75. The van der Waals surface area contributed by atoms with Gasteiger partial charge in [0.1, 0.15) is 0 Å². The molecule has 1 aliphatic heterocycles. The van der Waals surface area contributed by atoms with E-state index in [1.807, 2.05) is 0 Å². The van der Waals surface area contributed by atoms with Crippen LogP contribution in [0.5, 0.6) is 0 Å². The molecule has 0 aromatic carbocycles. The molecule has 1 rings (SSSR count). The van der Waals surface area contributed by atoms with Crippen LogP contribution < -0.4 is 0 Å². The van der Waals surface area contributed by atoms with Gasteiger partial charge in [-0.2, -0.15) is 0 Å². The SMILES string of the molecule is C=C(C)[C@@H]1C[C@@H](C)CN1C. The normalized spacial score (nSPS) is 34.7. The minimum absolute atomic E-state index is 0.648. The Balaban J connectivity index is 2.54. The average Bonchev–Trinajstić information content (AvgIpc) is 2.10. The van der Waals surface area contributed by atoms with Crippen LogP contribution in [0.2, 0.25) is 0 Å². The highest BCUT2D eigenvalue weighted by Gasteiger charge is 2.26. The summed E-state index contributed by atoms with van der Waals surface area (Å²) >= 11 is 0. The lowest BCUT2D eigenvalue weighted by Crippen LogP contribution is -2.25. The van der Waals surface area contributed by atoms with Gasteiger partial charge in [-0.1, -0.05) is 19.1 Å². The standard InChI is InChI=1S/C9H17N/c1-7(2)9-5-8(3)6-10(9)4/h8-9H,1,5-6H2,2-4H3/t8-,9+/m1/s1. The maximum absolute atomic E-state index is 3.98. The third-order valence-electron chi connectivity index (χ3n) is 2.33. The van der Waals surface area contributed by atoms with Crippen molar-refractivity contribution in [3.05, 3.63) is 12.2 Å². The summed E-state index contributed by atoms with van der Waals surface area (Å²) in [7, 11) is 2.18. The van der Waals surface area contributed by atoms with Crippen LogP contribution >= 0.6 is 0 Å². The van der Waals surface area contributed by atoms with E-state index in [0.717, 1.165) is 5.92 Å². The fourth-order valence-corrected chi connectivity index (χ4v) is 1.83. The smallest absolute Gasteiger partial charge is 0.0302 e. The Morgan fingerprint density at radius 2 is 2.20 bits per heavy atom. The van der Waals surface area contributed by atoms with Gasteiger partial charge in [0.15, 0.2) is 0 Å². The number of hydrogen-bond acceptors (Lipinski definition) is 1. The van der Waals surface area contributed by atoms with Gasteiger partial charge < -0.3 is 0 Å². The van der Waals surface area contributed by atoms with E-state index in [1.165, 1.54) is 18.5 Å². The van der Waals surface area contributed by atoms with Crippen molar-refractivity contribution in [2.45, 2.75) is 26.3 Å². The van der Waals surface area contributed by atoms with E-state index in [0.29, 0.717) is 6.04 Å². The summed E-state index contributed by atoms with van der Waals surface area (Å²) in [5.74, 6) is 0.853. The lowest BCUT2D eigenvalue weighted by atomic mass is 10.0. The molecule has 0 amide bonds. The topological polar surface area (TPSA) is 3.24 Å². The Morgan fingerprint density at radius 1 is 1.60 bits per heavy atom. The van der Waals surface area contributed by atoms with E-state index in [4.69, 9.17) is 0 Å². The van der Waals surface area contributed by atoms with Gasteiger partial charge >= 0.3 is 0 Å². The summed E-state index contributed by atoms with van der Waals surface area (Å²) in [5.41, 5.74) is 1.31. The van der Waals surface area contributed by atoms with Crippen molar-refractivity contribution in [1.29, 1.82) is 0 Å². The fraction of sp³-hybridized carbons (Fsp3) is 0.778. The van der Waals surface area contributed by atoms with Gasteiger partial charge in [-0.15, -0.1) is 0 Å². The van der Waals surface area contributed by atoms with Gasteiger partial charge in [0.25, 0.3) is 0 Å². The molecule has 0 saturated carbocycles. The Hall–Kier alpha value is -0.300. The zero-order chi connectivity index (χ0) is 7.72. The van der Waals surface area contributed by atoms with Crippen molar-refractivity contribution in [2.24, 2.45) is 5.92 Å². The predicted octanol–water partition coefficient (Wildman–Crippen LogP) is 1.90. The summed E-state index contributed by atoms with van der Waals surface area (Å²) in [6, 6.07) is 0.648. The largest absolute Gasteiger partial charge is 0.299 e. The van der Waals surface area contributed by atoms with E-state index in [2.05, 4.69) is 32.4 Å². The molecule has 1 aliphatic rings. The number of likely N-dealkylation sites (tertiary alicyclic amines) is 1. The molecule has 1 nitrogen and oxygen atoms in total. The van der Waals surface area contributed by atoms with E-state index < -0.39 is 0 Å². The van der Waals surface area contributed by atoms with Crippen molar-refractivity contribution in [3.63, 3.8) is 0 Å². The second-order valence-corrected chi connectivity index (χ2v) is 3.64. The highest BCUT2D eigenvalue weighted by atomic mass is 15.2. The molecule has 58 valence electrons. The third kappa shape index (κ3) is 1.40. The van der Waals surface area contributed by atoms with Crippen molar-refractivity contribution >= 4 is 0 Å². The first kappa shape index (κ1) is 7.80. The number of nitrogens with zero attached hydrogens (tertiary/aromatic N) is 1. The monoisotopic (exact) mass is 139 g/mol. The van der Waals surface area contributed by atoms with E-state index in [1.54, 1.807) is 0 Å². The lowest BCUT2D eigenvalue weighted by Gasteiger charge is -2.18. The van der Waals surface area contributed by atoms with E-state index in [9.17, 15) is 0 Å². The van der Waals surface area contributed by atoms with Gasteiger partial charge in [0.05, 0.1) is 0 Å². The van der Waals surface area contributed by atoms with Crippen LogP contribution in [0.25, 0.3) is 0 Å². The molecule has 0 radical (unpaired) electrons. The van der Waals surface area contributed by atoms with Gasteiger partial charge in [0.2, 0.25) is 0 Å². The first-order valence-corrected chi connectivity index (χ1v) is 3.97. The van der Waals surface area contributed by atoms with Crippen LogP contribution in [0.3, 0.4) is 0 Å². The van der Waals surface area contributed by atoms with E-state index >= 15 is 0 Å². The summed E-state index contributed by atoms with van der Waals surface area (Å²) in [5, 5.41) is 0. The molecule has 1 heterocycles. The van der Waals surface area contributed by atoms with Gasteiger partial charge in [-0.25, -0.2) is 0 Å². The maximum Gasteiger partial charge on any atom is 0.0302 e. The van der Waals surface area contributed by atoms with Crippen molar-refractivity contribution in [1.82, 2.24) is 4.90 Å². The molecule has 0 N–H and O–H groups in total. The number of rotatable bonds is 1. The molecule has 0 aliphatic carbocycles.